The lowest BCUT2D eigenvalue weighted by molar-refractivity contribution is -0.385. The molecular weight excluding hydrogens is 362 g/mol. The number of anilines is 1. The maximum absolute atomic E-state index is 12.2. The smallest absolute Gasteiger partial charge is 0.300 e. The number of para-hydroxylation sites is 1. The Kier molecular flexibility index (Phi) is 4.54. The first-order chi connectivity index (χ1) is 9.90. The van der Waals surface area contributed by atoms with Gasteiger partial charge in [-0.1, -0.05) is 17.7 Å². The van der Waals surface area contributed by atoms with Gasteiger partial charge in [-0.05, 0) is 47.1 Å². The van der Waals surface area contributed by atoms with Crippen LogP contribution in [0.15, 0.2) is 34.8 Å². The van der Waals surface area contributed by atoms with Crippen LogP contribution in [0.1, 0.15) is 16.1 Å². The third-order valence-electron chi connectivity index (χ3n) is 2.68. The number of carbonyl (C=O) groups excluding carboxylic acids is 1. The van der Waals surface area contributed by atoms with Crippen molar-refractivity contribution in [2.45, 2.75) is 6.92 Å². The summed E-state index contributed by atoms with van der Waals surface area (Å²) in [6.07, 6.45) is 0. The molecule has 0 atom stereocenters. The Bertz CT molecular complexity index is 737. The van der Waals surface area contributed by atoms with Gasteiger partial charge < -0.3 is 5.32 Å². The number of rotatable bonds is 3. The van der Waals surface area contributed by atoms with Gasteiger partial charge in [0.1, 0.15) is 16.4 Å². The minimum atomic E-state index is -0.683. The molecule has 0 saturated heterocycles. The average molecular weight is 371 g/mol. The third-order valence-corrected chi connectivity index (χ3v) is 3.82. The van der Waals surface area contributed by atoms with E-state index in [0.29, 0.717) is 11.5 Å². The number of aromatic nitrogens is 1. The Morgan fingerprint density at radius 2 is 2.10 bits per heavy atom. The van der Waals surface area contributed by atoms with E-state index < -0.39 is 16.5 Å². The number of nitro groups is 1. The maximum Gasteiger partial charge on any atom is 0.300 e. The first-order valence-corrected chi connectivity index (χ1v) is 6.94. The van der Waals surface area contributed by atoms with Crippen molar-refractivity contribution in [1.29, 1.82) is 0 Å². The number of halogens is 2. The van der Waals surface area contributed by atoms with Crippen LogP contribution in [0.25, 0.3) is 0 Å². The number of amides is 1. The second kappa shape index (κ2) is 6.19. The van der Waals surface area contributed by atoms with Gasteiger partial charge in [-0.2, -0.15) is 0 Å². The Labute approximate surface area is 133 Å². The zero-order chi connectivity index (χ0) is 15.6. The van der Waals surface area contributed by atoms with Crippen LogP contribution in [0.2, 0.25) is 5.02 Å². The maximum atomic E-state index is 12.2. The normalized spacial score (nSPS) is 10.2. The monoisotopic (exact) mass is 369 g/mol. The number of hydrogen-bond donors (Lipinski definition) is 1. The molecule has 0 saturated carbocycles. The third kappa shape index (κ3) is 3.37. The summed E-state index contributed by atoms with van der Waals surface area (Å²) in [7, 11) is 0. The summed E-state index contributed by atoms with van der Waals surface area (Å²) in [6.45, 7) is 1.77. The number of nitrogens with zero attached hydrogens (tertiary/aromatic N) is 2. The quantitative estimate of drug-likeness (QED) is 0.654. The van der Waals surface area contributed by atoms with E-state index in [1.54, 1.807) is 19.1 Å². The molecule has 0 fully saturated rings. The van der Waals surface area contributed by atoms with Gasteiger partial charge in [-0.25, -0.2) is 4.98 Å². The number of carbonyl (C=O) groups is 1. The molecule has 1 amide bonds. The van der Waals surface area contributed by atoms with Crippen molar-refractivity contribution in [2.24, 2.45) is 0 Å². The SMILES string of the molecule is Cc1nc(NC(=O)c2cccc(Cl)c2[N+](=O)[O-])ccc1Br. The summed E-state index contributed by atoms with van der Waals surface area (Å²) in [5.41, 5.74) is 0.147. The van der Waals surface area contributed by atoms with Crippen LogP contribution in [0.4, 0.5) is 11.5 Å². The fourth-order valence-corrected chi connectivity index (χ4v) is 2.15. The van der Waals surface area contributed by atoms with Gasteiger partial charge in [0, 0.05) is 4.47 Å². The highest BCUT2D eigenvalue weighted by Gasteiger charge is 2.23. The minimum Gasteiger partial charge on any atom is -0.306 e. The molecule has 108 valence electrons. The Morgan fingerprint density at radius 1 is 1.38 bits per heavy atom. The number of hydrogen-bond acceptors (Lipinski definition) is 4. The van der Waals surface area contributed by atoms with Gasteiger partial charge in [0.15, 0.2) is 0 Å². The topological polar surface area (TPSA) is 85.1 Å². The Morgan fingerprint density at radius 3 is 2.71 bits per heavy atom. The average Bonchev–Trinajstić information content (AvgIpc) is 2.42. The van der Waals surface area contributed by atoms with Crippen LogP contribution >= 0.6 is 27.5 Å². The second-order valence-electron chi connectivity index (χ2n) is 4.11. The molecule has 1 aromatic carbocycles. The van der Waals surface area contributed by atoms with Crippen molar-refractivity contribution in [3.8, 4) is 0 Å². The lowest BCUT2D eigenvalue weighted by Gasteiger charge is -2.07. The first kappa shape index (κ1) is 15.4. The summed E-state index contributed by atoms with van der Waals surface area (Å²) in [6, 6.07) is 7.49. The molecule has 21 heavy (non-hydrogen) atoms. The molecule has 0 unspecified atom stereocenters. The van der Waals surface area contributed by atoms with Crippen LogP contribution < -0.4 is 5.32 Å². The van der Waals surface area contributed by atoms with Crippen LogP contribution in [0.5, 0.6) is 0 Å². The molecule has 0 aliphatic rings. The van der Waals surface area contributed by atoms with Crippen molar-refractivity contribution >= 4 is 44.9 Å². The van der Waals surface area contributed by atoms with E-state index in [4.69, 9.17) is 11.6 Å². The van der Waals surface area contributed by atoms with Crippen molar-refractivity contribution < 1.29 is 9.72 Å². The Balaban J connectivity index is 2.35. The largest absolute Gasteiger partial charge is 0.306 e. The molecule has 8 heteroatoms. The summed E-state index contributed by atoms with van der Waals surface area (Å²) in [5, 5.41) is 13.4. The second-order valence-corrected chi connectivity index (χ2v) is 5.37. The zero-order valence-electron chi connectivity index (χ0n) is 10.8. The molecule has 2 rings (SSSR count). The molecule has 6 nitrogen and oxygen atoms in total. The van der Waals surface area contributed by atoms with E-state index in [9.17, 15) is 14.9 Å². The van der Waals surface area contributed by atoms with Crippen molar-refractivity contribution in [3.05, 3.63) is 61.2 Å². The van der Waals surface area contributed by atoms with E-state index in [2.05, 4.69) is 26.2 Å². The summed E-state index contributed by atoms with van der Waals surface area (Å²) >= 11 is 9.07. The standard InChI is InChI=1S/C13H9BrClN3O3/c1-7-9(14)5-6-11(16-7)17-13(19)8-3-2-4-10(15)12(8)18(20)21/h2-6H,1H3,(H,16,17,19). The number of aryl methyl sites for hydroxylation is 1. The van der Waals surface area contributed by atoms with E-state index in [-0.39, 0.29) is 10.6 Å². The molecule has 1 heterocycles. The van der Waals surface area contributed by atoms with E-state index in [0.717, 1.165) is 4.47 Å². The van der Waals surface area contributed by atoms with Crippen LogP contribution in [0, 0.1) is 17.0 Å². The van der Waals surface area contributed by atoms with E-state index >= 15 is 0 Å². The summed E-state index contributed by atoms with van der Waals surface area (Å²) < 4.78 is 0.800. The van der Waals surface area contributed by atoms with Crippen molar-refractivity contribution in [1.82, 2.24) is 4.98 Å². The van der Waals surface area contributed by atoms with Crippen LogP contribution in [-0.4, -0.2) is 15.8 Å². The number of nitrogens with one attached hydrogen (secondary N) is 1. The molecule has 0 aliphatic heterocycles. The van der Waals surface area contributed by atoms with E-state index in [1.165, 1.54) is 18.2 Å². The van der Waals surface area contributed by atoms with Crippen molar-refractivity contribution in [3.63, 3.8) is 0 Å². The lowest BCUT2D eigenvalue weighted by atomic mass is 10.1. The van der Waals surface area contributed by atoms with Crippen LogP contribution in [0.3, 0.4) is 0 Å². The van der Waals surface area contributed by atoms with Gasteiger partial charge in [-0.15, -0.1) is 0 Å². The highest BCUT2D eigenvalue weighted by atomic mass is 79.9. The van der Waals surface area contributed by atoms with Crippen molar-refractivity contribution in [2.75, 3.05) is 5.32 Å². The molecule has 0 bridgehead atoms. The molecule has 0 aliphatic carbocycles. The zero-order valence-corrected chi connectivity index (χ0v) is 13.1. The summed E-state index contributed by atoms with van der Waals surface area (Å²) in [4.78, 5) is 26.6. The highest BCUT2D eigenvalue weighted by Crippen LogP contribution is 2.28. The highest BCUT2D eigenvalue weighted by molar-refractivity contribution is 9.10. The van der Waals surface area contributed by atoms with E-state index in [1.807, 2.05) is 0 Å². The number of benzene rings is 1. The fraction of sp³-hybridized carbons (Fsp3) is 0.0769. The Hall–Kier alpha value is -1.99. The fourth-order valence-electron chi connectivity index (χ4n) is 1.68. The van der Waals surface area contributed by atoms with Gasteiger partial charge in [0.05, 0.1) is 10.6 Å². The van der Waals surface area contributed by atoms with Crippen LogP contribution in [-0.2, 0) is 0 Å². The lowest BCUT2D eigenvalue weighted by Crippen LogP contribution is -2.15. The molecule has 0 spiro atoms. The van der Waals surface area contributed by atoms with Gasteiger partial charge in [0.25, 0.3) is 5.91 Å². The minimum absolute atomic E-state index is 0.0902. The van der Waals surface area contributed by atoms with Gasteiger partial charge in [0.2, 0.25) is 0 Å². The molecule has 1 N–H and O–H groups in total. The molecular formula is C13H9BrClN3O3. The predicted octanol–water partition coefficient (Wildman–Crippen LogP) is 3.97. The van der Waals surface area contributed by atoms with Gasteiger partial charge in [-0.3, -0.25) is 14.9 Å². The number of nitro benzene ring substituents is 1. The van der Waals surface area contributed by atoms with Gasteiger partial charge >= 0.3 is 5.69 Å². The first-order valence-electron chi connectivity index (χ1n) is 5.77. The predicted molar refractivity (Wildman–Crippen MR) is 82.7 cm³/mol. The molecule has 2 aromatic rings. The number of pyridine rings is 1. The molecule has 1 aromatic heterocycles. The summed E-state index contributed by atoms with van der Waals surface area (Å²) in [5.74, 6) is -0.339. The molecule has 0 radical (unpaired) electrons.